The maximum absolute atomic E-state index is 13.6. The van der Waals surface area contributed by atoms with Crippen LogP contribution in [-0.2, 0) is 6.61 Å². The molecule has 1 aliphatic rings. The molecule has 1 N–H and O–H groups in total. The van der Waals surface area contributed by atoms with Gasteiger partial charge in [0.05, 0.1) is 6.61 Å². The van der Waals surface area contributed by atoms with Crippen LogP contribution in [0.2, 0.25) is 0 Å². The van der Waals surface area contributed by atoms with Gasteiger partial charge in [0.25, 0.3) is 0 Å². The number of benzene rings is 1. The summed E-state index contributed by atoms with van der Waals surface area (Å²) in [6.07, 6.45) is 3.60. The number of nitrogens with zero attached hydrogens (tertiary/aromatic N) is 1. The molecule has 2 nitrogen and oxygen atoms in total. The lowest BCUT2D eigenvalue weighted by Crippen LogP contribution is -2.27. The van der Waals surface area contributed by atoms with E-state index in [0.717, 1.165) is 31.1 Å². The minimum absolute atomic E-state index is 0.229. The smallest absolute Gasteiger partial charge is 0.130 e. The topological polar surface area (TPSA) is 23.5 Å². The lowest BCUT2D eigenvalue weighted by atomic mass is 10.1. The Morgan fingerprint density at radius 3 is 2.76 bits per heavy atom. The molecule has 0 bridgehead atoms. The third-order valence-corrected chi connectivity index (χ3v) is 3.26. The van der Waals surface area contributed by atoms with Crippen LogP contribution in [0.4, 0.5) is 10.1 Å². The zero-order chi connectivity index (χ0) is 12.3. The van der Waals surface area contributed by atoms with Gasteiger partial charge in [0, 0.05) is 24.3 Å². The Morgan fingerprint density at radius 1 is 1.41 bits per heavy atom. The van der Waals surface area contributed by atoms with E-state index in [1.807, 2.05) is 6.07 Å². The maximum Gasteiger partial charge on any atom is 0.130 e. The summed E-state index contributed by atoms with van der Waals surface area (Å²) in [7, 11) is 0. The van der Waals surface area contributed by atoms with Crippen molar-refractivity contribution in [3.05, 3.63) is 29.6 Å². The predicted octanol–water partition coefficient (Wildman–Crippen LogP) is 2.94. The minimum atomic E-state index is -0.304. The summed E-state index contributed by atoms with van der Waals surface area (Å²) in [5.41, 5.74) is 1.29. The van der Waals surface area contributed by atoms with Crippen molar-refractivity contribution < 1.29 is 9.50 Å². The third kappa shape index (κ3) is 2.97. The standard InChI is InChI=1S/C14H20FNO/c1-2-8-16(9-11-6-7-11)14-5-3-4-13(15)12(14)10-17/h3-5,11,17H,2,6-10H2,1H3. The normalized spacial score (nSPS) is 15.0. The van der Waals surface area contributed by atoms with Crippen molar-refractivity contribution in [1.29, 1.82) is 0 Å². The Balaban J connectivity index is 2.23. The van der Waals surface area contributed by atoms with Gasteiger partial charge >= 0.3 is 0 Å². The number of aliphatic hydroxyl groups excluding tert-OH is 1. The molecule has 0 spiro atoms. The lowest BCUT2D eigenvalue weighted by Gasteiger charge is -2.26. The number of anilines is 1. The summed E-state index contributed by atoms with van der Waals surface area (Å²) in [6, 6.07) is 5.04. The highest BCUT2D eigenvalue weighted by Crippen LogP contribution is 2.33. The number of aliphatic hydroxyl groups is 1. The van der Waals surface area contributed by atoms with E-state index in [4.69, 9.17) is 0 Å². The van der Waals surface area contributed by atoms with E-state index >= 15 is 0 Å². The van der Waals surface area contributed by atoms with Crippen LogP contribution in [0, 0.1) is 11.7 Å². The van der Waals surface area contributed by atoms with Crippen LogP contribution in [0.25, 0.3) is 0 Å². The van der Waals surface area contributed by atoms with Gasteiger partial charge in [-0.05, 0) is 37.3 Å². The minimum Gasteiger partial charge on any atom is -0.391 e. The van der Waals surface area contributed by atoms with Crippen LogP contribution in [0.15, 0.2) is 18.2 Å². The van der Waals surface area contributed by atoms with Gasteiger partial charge in [-0.1, -0.05) is 13.0 Å². The quantitative estimate of drug-likeness (QED) is 0.822. The fraction of sp³-hybridized carbons (Fsp3) is 0.571. The Hall–Kier alpha value is -1.09. The van der Waals surface area contributed by atoms with Crippen molar-refractivity contribution in [1.82, 2.24) is 0 Å². The summed E-state index contributed by atoms with van der Waals surface area (Å²) < 4.78 is 13.6. The Morgan fingerprint density at radius 2 is 2.18 bits per heavy atom. The second kappa shape index (κ2) is 5.50. The van der Waals surface area contributed by atoms with E-state index in [0.29, 0.717) is 5.56 Å². The van der Waals surface area contributed by atoms with Crippen molar-refractivity contribution in [3.8, 4) is 0 Å². The zero-order valence-electron chi connectivity index (χ0n) is 10.3. The molecular weight excluding hydrogens is 217 g/mol. The molecule has 0 aliphatic heterocycles. The van der Waals surface area contributed by atoms with Gasteiger partial charge in [0.1, 0.15) is 5.82 Å². The van der Waals surface area contributed by atoms with Gasteiger partial charge in [-0.25, -0.2) is 4.39 Å². The molecule has 0 unspecified atom stereocenters. The fourth-order valence-electron chi connectivity index (χ4n) is 2.19. The van der Waals surface area contributed by atoms with Crippen LogP contribution >= 0.6 is 0 Å². The molecule has 0 heterocycles. The van der Waals surface area contributed by atoms with E-state index in [1.54, 1.807) is 6.07 Å². The van der Waals surface area contributed by atoms with Crippen LogP contribution < -0.4 is 4.90 Å². The fourth-order valence-corrected chi connectivity index (χ4v) is 2.19. The van der Waals surface area contributed by atoms with Crippen molar-refractivity contribution >= 4 is 5.69 Å². The second-order valence-corrected chi connectivity index (χ2v) is 4.79. The molecule has 0 aromatic heterocycles. The summed E-state index contributed by atoms with van der Waals surface area (Å²) in [4.78, 5) is 2.21. The van der Waals surface area contributed by atoms with Crippen molar-refractivity contribution in [3.63, 3.8) is 0 Å². The van der Waals surface area contributed by atoms with Crippen LogP contribution in [0.5, 0.6) is 0 Å². The monoisotopic (exact) mass is 237 g/mol. The number of hydrogen-bond acceptors (Lipinski definition) is 2. The number of halogens is 1. The third-order valence-electron chi connectivity index (χ3n) is 3.26. The maximum atomic E-state index is 13.6. The van der Waals surface area contributed by atoms with Gasteiger partial charge in [-0.3, -0.25) is 0 Å². The molecule has 1 aromatic carbocycles. The Bertz CT molecular complexity index is 376. The van der Waals surface area contributed by atoms with E-state index in [-0.39, 0.29) is 12.4 Å². The highest BCUT2D eigenvalue weighted by Gasteiger charge is 2.25. The second-order valence-electron chi connectivity index (χ2n) is 4.79. The molecule has 0 saturated heterocycles. The van der Waals surface area contributed by atoms with Crippen LogP contribution in [0.3, 0.4) is 0 Å². The molecule has 1 aromatic rings. The average molecular weight is 237 g/mol. The van der Waals surface area contributed by atoms with Gasteiger partial charge in [0.2, 0.25) is 0 Å². The molecule has 94 valence electrons. The van der Waals surface area contributed by atoms with E-state index in [1.165, 1.54) is 18.9 Å². The van der Waals surface area contributed by atoms with E-state index in [9.17, 15) is 9.50 Å². The van der Waals surface area contributed by atoms with Crippen molar-refractivity contribution in [2.75, 3.05) is 18.0 Å². The van der Waals surface area contributed by atoms with E-state index in [2.05, 4.69) is 11.8 Å². The molecule has 0 amide bonds. The van der Waals surface area contributed by atoms with Gasteiger partial charge in [-0.2, -0.15) is 0 Å². The largest absolute Gasteiger partial charge is 0.391 e. The van der Waals surface area contributed by atoms with Crippen LogP contribution in [0.1, 0.15) is 31.7 Å². The molecular formula is C14H20FNO. The first-order valence-electron chi connectivity index (χ1n) is 6.39. The molecule has 1 fully saturated rings. The molecule has 17 heavy (non-hydrogen) atoms. The molecule has 0 radical (unpaired) electrons. The van der Waals surface area contributed by atoms with Crippen molar-refractivity contribution in [2.45, 2.75) is 32.8 Å². The number of hydrogen-bond donors (Lipinski definition) is 1. The number of rotatable bonds is 6. The first-order chi connectivity index (χ1) is 8.26. The SMILES string of the molecule is CCCN(CC1CC1)c1cccc(F)c1CO. The molecule has 1 saturated carbocycles. The van der Waals surface area contributed by atoms with Gasteiger partial charge in [0.15, 0.2) is 0 Å². The lowest BCUT2D eigenvalue weighted by molar-refractivity contribution is 0.276. The predicted molar refractivity (Wildman–Crippen MR) is 67.6 cm³/mol. The molecule has 1 aliphatic carbocycles. The van der Waals surface area contributed by atoms with Gasteiger partial charge < -0.3 is 10.0 Å². The van der Waals surface area contributed by atoms with Crippen molar-refractivity contribution in [2.24, 2.45) is 5.92 Å². The highest BCUT2D eigenvalue weighted by molar-refractivity contribution is 5.54. The highest BCUT2D eigenvalue weighted by atomic mass is 19.1. The summed E-state index contributed by atoms with van der Waals surface area (Å²) in [5.74, 6) is 0.457. The molecule has 2 rings (SSSR count). The van der Waals surface area contributed by atoms with E-state index < -0.39 is 0 Å². The molecule has 0 atom stereocenters. The van der Waals surface area contributed by atoms with Gasteiger partial charge in [-0.15, -0.1) is 0 Å². The summed E-state index contributed by atoms with van der Waals surface area (Å²) in [5, 5.41) is 9.30. The zero-order valence-corrected chi connectivity index (χ0v) is 10.3. The average Bonchev–Trinajstić information content (AvgIpc) is 3.12. The molecule has 3 heteroatoms. The first kappa shape index (κ1) is 12.4. The Kier molecular flexibility index (Phi) is 4.00. The van der Waals surface area contributed by atoms with Crippen LogP contribution in [-0.4, -0.2) is 18.2 Å². The summed E-state index contributed by atoms with van der Waals surface area (Å²) in [6.45, 7) is 3.81. The summed E-state index contributed by atoms with van der Waals surface area (Å²) >= 11 is 0. The Labute approximate surface area is 102 Å². The first-order valence-corrected chi connectivity index (χ1v) is 6.39.